The molecule has 3 aromatic rings. The Morgan fingerprint density at radius 2 is 1.86 bits per heavy atom. The highest BCUT2D eigenvalue weighted by Crippen LogP contribution is 2.34. The normalized spacial score (nSPS) is 20.2. The molecule has 1 aromatic heterocycles. The number of fused-ring (bicyclic) bond motifs is 1. The van der Waals surface area contributed by atoms with E-state index in [1.807, 2.05) is 6.07 Å². The number of aliphatic hydroxyl groups excluding tert-OH is 1. The average Bonchev–Trinajstić information content (AvgIpc) is 3.32. The molecule has 7 heteroatoms. The Morgan fingerprint density at radius 1 is 1.11 bits per heavy atom. The maximum Gasteiger partial charge on any atom is 0.246 e. The number of aromatic amines is 1. The molecule has 0 saturated carbocycles. The molecule has 190 valence electrons. The molecule has 3 heterocycles. The Hall–Kier alpha value is -3.00. The molecule has 0 bridgehead atoms. The number of piperidine rings is 2. The number of nitrogens with one attached hydrogen (secondary N) is 1. The number of hydrogen-bond acceptors (Lipinski definition) is 4. The van der Waals surface area contributed by atoms with Crippen molar-refractivity contribution >= 4 is 22.9 Å². The number of rotatable bonds is 6. The van der Waals surface area contributed by atoms with Crippen LogP contribution in [0, 0.1) is 5.82 Å². The smallest absolute Gasteiger partial charge is 0.246 e. The third-order valence-corrected chi connectivity index (χ3v) is 7.91. The van der Waals surface area contributed by atoms with E-state index in [9.17, 15) is 19.4 Å². The first-order valence-corrected chi connectivity index (χ1v) is 12.8. The molecule has 2 aliphatic heterocycles. The number of benzene rings is 2. The molecule has 0 radical (unpaired) electrons. The summed E-state index contributed by atoms with van der Waals surface area (Å²) in [6.45, 7) is 2.95. The van der Waals surface area contributed by atoms with E-state index in [1.165, 1.54) is 34.7 Å². The first-order chi connectivity index (χ1) is 17.4. The van der Waals surface area contributed by atoms with E-state index >= 15 is 0 Å². The van der Waals surface area contributed by atoms with Crippen LogP contribution < -0.4 is 0 Å². The third-order valence-electron chi connectivity index (χ3n) is 7.91. The molecule has 1 unspecified atom stereocenters. The largest absolute Gasteiger partial charge is 0.389 e. The Labute approximate surface area is 211 Å². The number of likely N-dealkylation sites (tertiary alicyclic amines) is 2. The van der Waals surface area contributed by atoms with Crippen LogP contribution in [-0.2, 0) is 4.79 Å². The van der Waals surface area contributed by atoms with Gasteiger partial charge in [0, 0.05) is 42.8 Å². The number of aliphatic hydroxyl groups is 2. The van der Waals surface area contributed by atoms with E-state index in [1.54, 1.807) is 23.1 Å². The van der Waals surface area contributed by atoms with E-state index < -0.39 is 11.7 Å². The Morgan fingerprint density at radius 3 is 2.61 bits per heavy atom. The molecule has 2 saturated heterocycles. The minimum atomic E-state index is -1.20. The number of hydrogen-bond donors (Lipinski definition) is 3. The summed E-state index contributed by atoms with van der Waals surface area (Å²) in [5.41, 5.74) is 1.96. The molecular weight excluding hydrogens is 457 g/mol. The summed E-state index contributed by atoms with van der Waals surface area (Å²) in [6.07, 6.45) is 7.01. The molecule has 1 atom stereocenters. The van der Waals surface area contributed by atoms with Crippen molar-refractivity contribution in [3.05, 3.63) is 77.7 Å². The van der Waals surface area contributed by atoms with Gasteiger partial charge in [0.1, 0.15) is 5.82 Å². The standard InChI is InChI=1S/C29H34FN3O3/c30-23-5-3-4-21(18-23)8-9-28(35)33-16-12-29(36,13-17-33)27(34)20-32-14-10-22(11-15-32)25-19-31-26-7-2-1-6-24(25)26/h1-9,18-19,22,27,31,34,36H,10-17,20H2. The van der Waals surface area contributed by atoms with Crippen molar-refractivity contribution in [2.24, 2.45) is 0 Å². The van der Waals surface area contributed by atoms with Gasteiger partial charge >= 0.3 is 0 Å². The van der Waals surface area contributed by atoms with E-state index in [0.717, 1.165) is 25.9 Å². The lowest BCUT2D eigenvalue weighted by molar-refractivity contribution is -0.140. The predicted molar refractivity (Wildman–Crippen MR) is 139 cm³/mol. The van der Waals surface area contributed by atoms with Gasteiger partial charge in [-0.25, -0.2) is 4.39 Å². The molecular formula is C29H34FN3O3. The molecule has 6 nitrogen and oxygen atoms in total. The van der Waals surface area contributed by atoms with E-state index in [-0.39, 0.29) is 11.7 Å². The fourth-order valence-electron chi connectivity index (χ4n) is 5.60. The quantitative estimate of drug-likeness (QED) is 0.457. The highest BCUT2D eigenvalue weighted by Gasteiger charge is 2.40. The van der Waals surface area contributed by atoms with Crippen molar-refractivity contribution in [2.75, 3.05) is 32.7 Å². The van der Waals surface area contributed by atoms with E-state index in [2.05, 4.69) is 34.3 Å². The summed E-state index contributed by atoms with van der Waals surface area (Å²) in [7, 11) is 0. The highest BCUT2D eigenvalue weighted by atomic mass is 19.1. The highest BCUT2D eigenvalue weighted by molar-refractivity contribution is 5.91. The SMILES string of the molecule is O=C(C=Cc1cccc(F)c1)N1CCC(O)(C(O)CN2CCC(c3c[nH]c4ccccc34)CC2)CC1. The molecule has 36 heavy (non-hydrogen) atoms. The summed E-state index contributed by atoms with van der Waals surface area (Å²) in [5.74, 6) is -0.0220. The molecule has 0 aliphatic carbocycles. The van der Waals surface area contributed by atoms with Gasteiger partial charge in [-0.3, -0.25) is 4.79 Å². The number of para-hydroxylation sites is 1. The average molecular weight is 492 g/mol. The van der Waals surface area contributed by atoms with Crippen molar-refractivity contribution in [1.29, 1.82) is 0 Å². The number of amides is 1. The van der Waals surface area contributed by atoms with Gasteiger partial charge in [0.05, 0.1) is 11.7 Å². The van der Waals surface area contributed by atoms with Crippen LogP contribution in [0.1, 0.15) is 42.7 Å². The molecule has 2 fully saturated rings. The van der Waals surface area contributed by atoms with Crippen molar-refractivity contribution < 1.29 is 19.4 Å². The fourth-order valence-corrected chi connectivity index (χ4v) is 5.60. The van der Waals surface area contributed by atoms with Crippen LogP contribution in [0.25, 0.3) is 17.0 Å². The van der Waals surface area contributed by atoms with Crippen LogP contribution in [0.4, 0.5) is 4.39 Å². The van der Waals surface area contributed by atoms with Gasteiger partial charge in [0.25, 0.3) is 0 Å². The van der Waals surface area contributed by atoms with Crippen LogP contribution in [0.2, 0.25) is 0 Å². The van der Waals surface area contributed by atoms with Gasteiger partial charge in [0.15, 0.2) is 0 Å². The minimum Gasteiger partial charge on any atom is -0.389 e. The summed E-state index contributed by atoms with van der Waals surface area (Å²) >= 11 is 0. The number of carbonyl (C=O) groups is 1. The Bertz CT molecular complexity index is 1220. The predicted octanol–water partition coefficient (Wildman–Crippen LogP) is 3.91. The Kier molecular flexibility index (Phi) is 7.23. The second-order valence-electron chi connectivity index (χ2n) is 10.2. The van der Waals surface area contributed by atoms with E-state index in [0.29, 0.717) is 44.0 Å². The van der Waals surface area contributed by atoms with Gasteiger partial charge in [-0.05, 0) is 80.1 Å². The zero-order chi connectivity index (χ0) is 25.1. The number of nitrogens with zero attached hydrogens (tertiary/aromatic N) is 2. The molecule has 2 aliphatic rings. The van der Waals surface area contributed by atoms with Crippen LogP contribution in [-0.4, -0.2) is 75.3 Å². The topological polar surface area (TPSA) is 79.8 Å². The van der Waals surface area contributed by atoms with E-state index in [4.69, 9.17) is 0 Å². The maximum absolute atomic E-state index is 13.3. The zero-order valence-corrected chi connectivity index (χ0v) is 20.4. The first kappa shape index (κ1) is 24.7. The number of H-pyrrole nitrogens is 1. The lowest BCUT2D eigenvalue weighted by atomic mass is 9.84. The third kappa shape index (κ3) is 5.38. The number of carbonyl (C=O) groups excluding carboxylic acids is 1. The van der Waals surface area contributed by atoms with Crippen molar-refractivity contribution in [1.82, 2.24) is 14.8 Å². The zero-order valence-electron chi connectivity index (χ0n) is 20.4. The van der Waals surface area contributed by atoms with Crippen LogP contribution in [0.15, 0.2) is 60.8 Å². The summed E-state index contributed by atoms with van der Waals surface area (Å²) in [5, 5.41) is 23.4. The van der Waals surface area contributed by atoms with Gasteiger partial charge in [0.2, 0.25) is 5.91 Å². The lowest BCUT2D eigenvalue weighted by Gasteiger charge is -2.43. The molecule has 0 spiro atoms. The summed E-state index contributed by atoms with van der Waals surface area (Å²) < 4.78 is 13.3. The van der Waals surface area contributed by atoms with Crippen LogP contribution in [0.5, 0.6) is 0 Å². The van der Waals surface area contributed by atoms with Crippen LogP contribution in [0.3, 0.4) is 0 Å². The second kappa shape index (κ2) is 10.5. The van der Waals surface area contributed by atoms with Gasteiger partial charge in [-0.1, -0.05) is 30.3 Å². The first-order valence-electron chi connectivity index (χ1n) is 12.8. The monoisotopic (exact) mass is 491 g/mol. The van der Waals surface area contributed by atoms with Crippen LogP contribution >= 0.6 is 0 Å². The number of β-amino-alcohol motifs (C(OH)–C–C–N with tert-alkyl or cyclic N) is 1. The van der Waals surface area contributed by atoms with Gasteiger partial charge in [-0.15, -0.1) is 0 Å². The van der Waals surface area contributed by atoms with Crippen molar-refractivity contribution in [3.8, 4) is 0 Å². The summed E-state index contributed by atoms with van der Waals surface area (Å²) in [6, 6.07) is 14.5. The Balaban J connectivity index is 1.10. The number of halogens is 1. The van der Waals surface area contributed by atoms with Crippen molar-refractivity contribution in [2.45, 2.75) is 43.3 Å². The maximum atomic E-state index is 13.3. The summed E-state index contributed by atoms with van der Waals surface area (Å²) in [4.78, 5) is 19.8. The molecule has 1 amide bonds. The number of aromatic nitrogens is 1. The second-order valence-corrected chi connectivity index (χ2v) is 10.2. The molecule has 5 rings (SSSR count). The molecule has 2 aromatic carbocycles. The fraction of sp³-hybridized carbons (Fsp3) is 0.414. The minimum absolute atomic E-state index is 0.171. The molecule has 3 N–H and O–H groups in total. The lowest BCUT2D eigenvalue weighted by Crippen LogP contribution is -2.56. The van der Waals surface area contributed by atoms with Gasteiger partial charge < -0.3 is 25.0 Å². The van der Waals surface area contributed by atoms with Gasteiger partial charge in [-0.2, -0.15) is 0 Å². The van der Waals surface area contributed by atoms with Crippen molar-refractivity contribution in [3.63, 3.8) is 0 Å².